The maximum Gasteiger partial charge on any atom is 0.247 e. The molecule has 1 aromatic carbocycles. The normalized spacial score (nSPS) is 18.7. The molecule has 2 N–H and O–H groups in total. The van der Waals surface area contributed by atoms with Crippen molar-refractivity contribution in [2.45, 2.75) is 12.8 Å². The van der Waals surface area contributed by atoms with Crippen molar-refractivity contribution in [2.75, 3.05) is 18.4 Å². The third-order valence-corrected chi connectivity index (χ3v) is 3.43. The summed E-state index contributed by atoms with van der Waals surface area (Å²) in [6.07, 6.45) is 3.29. The van der Waals surface area contributed by atoms with Crippen molar-refractivity contribution >= 4 is 11.6 Å². The number of aromatic nitrogens is 2. The van der Waals surface area contributed by atoms with Crippen molar-refractivity contribution in [1.82, 2.24) is 15.5 Å². The molecule has 20 heavy (non-hydrogen) atoms. The lowest BCUT2D eigenvalue weighted by Gasteiger charge is -2.21. The number of benzene rings is 1. The van der Waals surface area contributed by atoms with E-state index >= 15 is 0 Å². The van der Waals surface area contributed by atoms with E-state index in [4.69, 9.17) is 4.42 Å². The molecule has 1 saturated heterocycles. The number of carbonyl (C=O) groups excluding carboxylic acids is 1. The van der Waals surface area contributed by atoms with Gasteiger partial charge < -0.3 is 15.1 Å². The quantitative estimate of drug-likeness (QED) is 0.888. The Morgan fingerprint density at radius 1 is 1.35 bits per heavy atom. The molecule has 0 unspecified atom stereocenters. The second-order valence-electron chi connectivity index (χ2n) is 4.85. The van der Waals surface area contributed by atoms with Crippen LogP contribution < -0.4 is 10.6 Å². The van der Waals surface area contributed by atoms with E-state index in [9.17, 15) is 4.79 Å². The van der Waals surface area contributed by atoms with Gasteiger partial charge in [-0.3, -0.25) is 4.79 Å². The predicted octanol–water partition coefficient (Wildman–Crippen LogP) is 1.67. The topological polar surface area (TPSA) is 80.1 Å². The Morgan fingerprint density at radius 3 is 2.85 bits per heavy atom. The van der Waals surface area contributed by atoms with E-state index in [0.717, 1.165) is 37.2 Å². The summed E-state index contributed by atoms with van der Waals surface area (Å²) in [6.45, 7) is 1.76. The zero-order chi connectivity index (χ0) is 13.8. The molecular formula is C14H16N4O2. The summed E-state index contributed by atoms with van der Waals surface area (Å²) in [5.41, 5.74) is 1.61. The number of amides is 1. The van der Waals surface area contributed by atoms with Crippen LogP contribution in [0.5, 0.6) is 0 Å². The lowest BCUT2D eigenvalue weighted by molar-refractivity contribution is -0.120. The van der Waals surface area contributed by atoms with Gasteiger partial charge in [-0.05, 0) is 43.7 Å². The Kier molecular flexibility index (Phi) is 3.73. The van der Waals surface area contributed by atoms with Crippen molar-refractivity contribution in [3.63, 3.8) is 0 Å². The summed E-state index contributed by atoms with van der Waals surface area (Å²) in [5, 5.41) is 13.7. The van der Waals surface area contributed by atoms with E-state index in [1.54, 1.807) is 0 Å². The monoisotopic (exact) mass is 272 g/mol. The first-order valence-corrected chi connectivity index (χ1v) is 6.71. The van der Waals surface area contributed by atoms with Gasteiger partial charge in [0.05, 0.1) is 5.92 Å². The van der Waals surface area contributed by atoms with Gasteiger partial charge in [0.15, 0.2) is 0 Å². The number of carbonyl (C=O) groups is 1. The standard InChI is InChI=1S/C14H16N4O2/c19-13(11-2-1-7-15-8-11)17-12-5-3-10(4-6-12)14-18-16-9-20-14/h3-6,9,11,15H,1-2,7-8H2,(H,17,19)/t11-/m1/s1. The highest BCUT2D eigenvalue weighted by atomic mass is 16.4. The number of nitrogens with one attached hydrogen (secondary N) is 2. The van der Waals surface area contributed by atoms with Gasteiger partial charge in [-0.15, -0.1) is 10.2 Å². The number of nitrogens with zero attached hydrogens (tertiary/aromatic N) is 2. The molecule has 3 rings (SSSR count). The molecule has 0 radical (unpaired) electrons. The molecule has 0 aliphatic carbocycles. The molecule has 2 heterocycles. The summed E-state index contributed by atoms with van der Waals surface area (Å²) in [5.74, 6) is 0.599. The first kappa shape index (κ1) is 12.8. The number of rotatable bonds is 3. The third-order valence-electron chi connectivity index (χ3n) is 3.43. The molecular weight excluding hydrogens is 256 g/mol. The Morgan fingerprint density at radius 2 is 2.20 bits per heavy atom. The van der Waals surface area contributed by atoms with Crippen molar-refractivity contribution < 1.29 is 9.21 Å². The van der Waals surface area contributed by atoms with Gasteiger partial charge in [-0.2, -0.15) is 0 Å². The van der Waals surface area contributed by atoms with Crippen molar-refractivity contribution in [3.8, 4) is 11.5 Å². The molecule has 1 atom stereocenters. The van der Waals surface area contributed by atoms with E-state index in [-0.39, 0.29) is 11.8 Å². The highest BCUT2D eigenvalue weighted by Crippen LogP contribution is 2.20. The van der Waals surface area contributed by atoms with Gasteiger partial charge in [-0.1, -0.05) is 0 Å². The molecule has 0 bridgehead atoms. The minimum atomic E-state index is 0.0550. The lowest BCUT2D eigenvalue weighted by atomic mass is 9.99. The average molecular weight is 272 g/mol. The highest BCUT2D eigenvalue weighted by Gasteiger charge is 2.20. The molecule has 2 aromatic rings. The van der Waals surface area contributed by atoms with Crippen LogP contribution in [0.25, 0.3) is 11.5 Å². The molecule has 1 aromatic heterocycles. The van der Waals surface area contributed by atoms with Gasteiger partial charge in [0.1, 0.15) is 0 Å². The molecule has 1 aliphatic rings. The summed E-state index contributed by atoms with van der Waals surface area (Å²) in [6, 6.07) is 7.38. The molecule has 1 aliphatic heterocycles. The van der Waals surface area contributed by atoms with E-state index in [1.807, 2.05) is 24.3 Å². The van der Waals surface area contributed by atoms with Crippen LogP contribution in [0.1, 0.15) is 12.8 Å². The molecule has 104 valence electrons. The molecule has 1 amide bonds. The minimum Gasteiger partial charge on any atom is -0.423 e. The molecule has 0 saturated carbocycles. The zero-order valence-corrected chi connectivity index (χ0v) is 11.0. The second kappa shape index (κ2) is 5.83. The van der Waals surface area contributed by atoms with Crippen LogP contribution in [0, 0.1) is 5.92 Å². The van der Waals surface area contributed by atoms with Gasteiger partial charge in [0.25, 0.3) is 0 Å². The Labute approximate surface area is 116 Å². The minimum absolute atomic E-state index is 0.0550. The van der Waals surface area contributed by atoms with Crippen LogP contribution in [-0.2, 0) is 4.79 Å². The smallest absolute Gasteiger partial charge is 0.247 e. The fourth-order valence-corrected chi connectivity index (χ4v) is 2.31. The van der Waals surface area contributed by atoms with Crippen LogP contribution in [0.4, 0.5) is 5.69 Å². The van der Waals surface area contributed by atoms with Crippen LogP contribution in [-0.4, -0.2) is 29.2 Å². The third kappa shape index (κ3) is 2.85. The van der Waals surface area contributed by atoms with E-state index in [2.05, 4.69) is 20.8 Å². The highest BCUT2D eigenvalue weighted by molar-refractivity contribution is 5.92. The first-order chi connectivity index (χ1) is 9.83. The van der Waals surface area contributed by atoms with Crippen LogP contribution >= 0.6 is 0 Å². The van der Waals surface area contributed by atoms with Crippen molar-refractivity contribution in [1.29, 1.82) is 0 Å². The van der Waals surface area contributed by atoms with Gasteiger partial charge in [-0.25, -0.2) is 0 Å². The average Bonchev–Trinajstić information content (AvgIpc) is 3.03. The molecule has 6 nitrogen and oxygen atoms in total. The fraction of sp³-hybridized carbons (Fsp3) is 0.357. The Balaban J connectivity index is 1.64. The SMILES string of the molecule is O=C(Nc1ccc(-c2nnco2)cc1)[C@@H]1CCCNC1. The Bertz CT molecular complexity index is 559. The van der Waals surface area contributed by atoms with Gasteiger partial charge in [0.2, 0.25) is 18.2 Å². The second-order valence-corrected chi connectivity index (χ2v) is 4.85. The number of piperidine rings is 1. The number of hydrogen-bond donors (Lipinski definition) is 2. The molecule has 6 heteroatoms. The number of anilines is 1. The van der Waals surface area contributed by atoms with Crippen molar-refractivity contribution in [3.05, 3.63) is 30.7 Å². The van der Waals surface area contributed by atoms with E-state index in [1.165, 1.54) is 6.39 Å². The van der Waals surface area contributed by atoms with Crippen LogP contribution in [0.15, 0.2) is 35.1 Å². The first-order valence-electron chi connectivity index (χ1n) is 6.71. The maximum atomic E-state index is 12.1. The van der Waals surface area contributed by atoms with Gasteiger partial charge >= 0.3 is 0 Å². The fourth-order valence-electron chi connectivity index (χ4n) is 2.31. The van der Waals surface area contributed by atoms with Crippen LogP contribution in [0.3, 0.4) is 0 Å². The molecule has 1 fully saturated rings. The summed E-state index contributed by atoms with van der Waals surface area (Å²) < 4.78 is 5.12. The summed E-state index contributed by atoms with van der Waals surface area (Å²) in [4.78, 5) is 12.1. The maximum absolute atomic E-state index is 12.1. The lowest BCUT2D eigenvalue weighted by Crippen LogP contribution is -2.37. The van der Waals surface area contributed by atoms with Crippen LogP contribution in [0.2, 0.25) is 0 Å². The molecule has 0 spiro atoms. The van der Waals surface area contributed by atoms with Crippen molar-refractivity contribution in [2.24, 2.45) is 5.92 Å². The van der Waals surface area contributed by atoms with E-state index in [0.29, 0.717) is 5.89 Å². The predicted molar refractivity (Wildman–Crippen MR) is 74.0 cm³/mol. The number of hydrogen-bond acceptors (Lipinski definition) is 5. The largest absolute Gasteiger partial charge is 0.423 e. The van der Waals surface area contributed by atoms with Gasteiger partial charge in [0, 0.05) is 17.8 Å². The summed E-state index contributed by atoms with van der Waals surface area (Å²) >= 11 is 0. The summed E-state index contributed by atoms with van der Waals surface area (Å²) in [7, 11) is 0. The van der Waals surface area contributed by atoms with E-state index < -0.39 is 0 Å². The Hall–Kier alpha value is -2.21. The zero-order valence-electron chi connectivity index (χ0n) is 11.0.